The fourth-order valence-corrected chi connectivity index (χ4v) is 5.47. The van der Waals surface area contributed by atoms with Crippen LogP contribution in [-0.4, -0.2) is 25.9 Å². The average Bonchev–Trinajstić information content (AvgIpc) is 2.48. The molecular formula is C16H23NO3S. The van der Waals surface area contributed by atoms with Crippen molar-refractivity contribution in [3.8, 4) is 0 Å². The predicted octanol–water partition coefficient (Wildman–Crippen LogP) is 2.92. The third-order valence-corrected chi connectivity index (χ3v) is 7.07. The van der Waals surface area contributed by atoms with Crippen LogP contribution in [0.4, 0.5) is 5.69 Å². The molecule has 3 rings (SSSR count). The van der Waals surface area contributed by atoms with Gasteiger partial charge in [-0.2, -0.15) is 0 Å². The highest BCUT2D eigenvalue weighted by Gasteiger charge is 2.43. The van der Waals surface area contributed by atoms with Crippen LogP contribution in [0.1, 0.15) is 44.9 Å². The summed E-state index contributed by atoms with van der Waals surface area (Å²) in [5.74, 6) is 0. The van der Waals surface area contributed by atoms with Gasteiger partial charge in [0, 0.05) is 12.3 Å². The highest BCUT2D eigenvalue weighted by atomic mass is 32.2. The van der Waals surface area contributed by atoms with Gasteiger partial charge in [0.15, 0.2) is 9.84 Å². The van der Waals surface area contributed by atoms with Crippen LogP contribution in [0.3, 0.4) is 0 Å². The van der Waals surface area contributed by atoms with E-state index in [2.05, 4.69) is 0 Å². The molecule has 1 heterocycles. The lowest BCUT2D eigenvalue weighted by molar-refractivity contribution is -0.0978. The van der Waals surface area contributed by atoms with Crippen molar-refractivity contribution < 1.29 is 13.2 Å². The van der Waals surface area contributed by atoms with Gasteiger partial charge in [-0.3, -0.25) is 0 Å². The molecule has 1 atom stereocenters. The van der Waals surface area contributed by atoms with Crippen LogP contribution in [0.15, 0.2) is 29.2 Å². The van der Waals surface area contributed by atoms with Crippen molar-refractivity contribution in [1.82, 2.24) is 0 Å². The lowest BCUT2D eigenvalue weighted by Crippen LogP contribution is -2.45. The van der Waals surface area contributed by atoms with Crippen LogP contribution in [0, 0.1) is 0 Å². The Balaban J connectivity index is 1.83. The Morgan fingerprint density at radius 1 is 1.10 bits per heavy atom. The maximum Gasteiger partial charge on any atom is 0.181 e. The van der Waals surface area contributed by atoms with E-state index in [0.717, 1.165) is 25.7 Å². The molecule has 1 aromatic carbocycles. The number of nitrogen functional groups attached to an aromatic ring is 1. The van der Waals surface area contributed by atoms with Gasteiger partial charge >= 0.3 is 0 Å². The summed E-state index contributed by atoms with van der Waals surface area (Å²) in [5, 5.41) is -0.326. The number of ether oxygens (including phenoxy) is 1. The van der Waals surface area contributed by atoms with Gasteiger partial charge in [-0.15, -0.1) is 0 Å². The van der Waals surface area contributed by atoms with Crippen molar-refractivity contribution in [2.45, 2.75) is 60.7 Å². The summed E-state index contributed by atoms with van der Waals surface area (Å²) in [4.78, 5) is 0.384. The van der Waals surface area contributed by atoms with Crippen molar-refractivity contribution in [3.63, 3.8) is 0 Å². The van der Waals surface area contributed by atoms with Crippen LogP contribution in [0.2, 0.25) is 0 Å². The van der Waals surface area contributed by atoms with Crippen LogP contribution >= 0.6 is 0 Å². The maximum absolute atomic E-state index is 12.8. The van der Waals surface area contributed by atoms with E-state index in [1.54, 1.807) is 24.3 Å². The SMILES string of the molecule is Nc1ccc(S(=O)(=O)C2CCOC3(CCCCC3)C2)cc1. The van der Waals surface area contributed by atoms with E-state index in [1.807, 2.05) is 0 Å². The predicted molar refractivity (Wildman–Crippen MR) is 82.8 cm³/mol. The number of rotatable bonds is 2. The monoisotopic (exact) mass is 309 g/mol. The Morgan fingerprint density at radius 3 is 2.43 bits per heavy atom. The maximum atomic E-state index is 12.8. The van der Waals surface area contributed by atoms with Crippen molar-refractivity contribution in [2.75, 3.05) is 12.3 Å². The first-order valence-electron chi connectivity index (χ1n) is 7.75. The zero-order valence-electron chi connectivity index (χ0n) is 12.3. The molecule has 0 bridgehead atoms. The van der Waals surface area contributed by atoms with Gasteiger partial charge in [0.05, 0.1) is 15.7 Å². The fourth-order valence-electron chi connectivity index (χ4n) is 3.64. The van der Waals surface area contributed by atoms with Gasteiger partial charge in [0.2, 0.25) is 0 Å². The first-order chi connectivity index (χ1) is 10.0. The minimum Gasteiger partial charge on any atom is -0.399 e. The molecule has 0 amide bonds. The molecule has 1 aliphatic carbocycles. The summed E-state index contributed by atoms with van der Waals surface area (Å²) in [6, 6.07) is 6.55. The molecule has 1 saturated heterocycles. The lowest BCUT2D eigenvalue weighted by atomic mass is 9.80. The molecule has 2 N–H and O–H groups in total. The van der Waals surface area contributed by atoms with Gasteiger partial charge in [0.1, 0.15) is 0 Å². The van der Waals surface area contributed by atoms with Crippen molar-refractivity contribution in [1.29, 1.82) is 0 Å². The second-order valence-corrected chi connectivity index (χ2v) is 8.55. The van der Waals surface area contributed by atoms with Crippen LogP contribution < -0.4 is 5.73 Å². The van der Waals surface area contributed by atoms with E-state index in [4.69, 9.17) is 10.5 Å². The van der Waals surface area contributed by atoms with Crippen molar-refractivity contribution >= 4 is 15.5 Å². The Bertz CT molecular complexity index is 583. The molecule has 1 saturated carbocycles. The zero-order chi connectivity index (χ0) is 14.9. The molecular weight excluding hydrogens is 286 g/mol. The minimum atomic E-state index is -3.29. The number of anilines is 1. The van der Waals surface area contributed by atoms with E-state index in [-0.39, 0.29) is 10.9 Å². The third kappa shape index (κ3) is 2.94. The standard InChI is InChI=1S/C16H23NO3S/c17-13-4-6-14(7-5-13)21(18,19)15-8-11-20-16(12-15)9-2-1-3-10-16/h4-7,15H,1-3,8-12,17H2. The normalized spacial score (nSPS) is 25.8. The Kier molecular flexibility index (Phi) is 3.97. The van der Waals surface area contributed by atoms with Gasteiger partial charge < -0.3 is 10.5 Å². The molecule has 21 heavy (non-hydrogen) atoms. The molecule has 2 fully saturated rings. The number of hydrogen-bond acceptors (Lipinski definition) is 4. The van der Waals surface area contributed by atoms with Gasteiger partial charge in [-0.1, -0.05) is 19.3 Å². The molecule has 116 valence electrons. The summed E-state index contributed by atoms with van der Waals surface area (Å²) >= 11 is 0. The fraction of sp³-hybridized carbons (Fsp3) is 0.625. The highest BCUT2D eigenvalue weighted by Crippen LogP contribution is 2.41. The molecule has 2 aliphatic rings. The van der Waals surface area contributed by atoms with Crippen molar-refractivity contribution in [3.05, 3.63) is 24.3 Å². The number of nitrogens with two attached hydrogens (primary N) is 1. The van der Waals surface area contributed by atoms with E-state index in [1.165, 1.54) is 6.42 Å². The number of sulfone groups is 1. The van der Waals surface area contributed by atoms with E-state index < -0.39 is 9.84 Å². The summed E-state index contributed by atoms with van der Waals surface area (Å²) < 4.78 is 31.7. The Labute approximate surface area is 126 Å². The molecule has 1 spiro atoms. The van der Waals surface area contributed by atoms with Crippen LogP contribution in [0.5, 0.6) is 0 Å². The molecule has 0 radical (unpaired) electrons. The van der Waals surface area contributed by atoms with Crippen LogP contribution in [-0.2, 0) is 14.6 Å². The molecule has 1 aromatic rings. The quantitative estimate of drug-likeness (QED) is 0.853. The summed E-state index contributed by atoms with van der Waals surface area (Å²) in [6.07, 6.45) is 6.76. The van der Waals surface area contributed by atoms with Crippen LogP contribution in [0.25, 0.3) is 0 Å². The van der Waals surface area contributed by atoms with Gasteiger partial charge in [0.25, 0.3) is 0 Å². The first kappa shape index (κ1) is 14.9. The average molecular weight is 309 g/mol. The Hall–Kier alpha value is -1.07. The molecule has 5 heteroatoms. The largest absolute Gasteiger partial charge is 0.399 e. The molecule has 1 aliphatic heterocycles. The first-order valence-corrected chi connectivity index (χ1v) is 9.30. The smallest absolute Gasteiger partial charge is 0.181 e. The second-order valence-electron chi connectivity index (χ2n) is 6.32. The van der Waals surface area contributed by atoms with Gasteiger partial charge in [-0.05, 0) is 49.9 Å². The topological polar surface area (TPSA) is 69.4 Å². The highest BCUT2D eigenvalue weighted by molar-refractivity contribution is 7.92. The number of benzene rings is 1. The summed E-state index contributed by atoms with van der Waals surface area (Å²) in [6.45, 7) is 0.554. The molecule has 1 unspecified atom stereocenters. The van der Waals surface area contributed by atoms with E-state index >= 15 is 0 Å². The second kappa shape index (κ2) is 5.61. The van der Waals surface area contributed by atoms with E-state index in [0.29, 0.717) is 30.0 Å². The van der Waals surface area contributed by atoms with Gasteiger partial charge in [-0.25, -0.2) is 8.42 Å². The zero-order valence-corrected chi connectivity index (χ0v) is 13.1. The summed E-state index contributed by atoms with van der Waals surface area (Å²) in [7, 11) is -3.29. The lowest BCUT2D eigenvalue weighted by Gasteiger charge is -2.43. The number of hydrogen-bond donors (Lipinski definition) is 1. The van der Waals surface area contributed by atoms with Crippen molar-refractivity contribution in [2.24, 2.45) is 0 Å². The Morgan fingerprint density at radius 2 is 1.76 bits per heavy atom. The minimum absolute atomic E-state index is 0.192. The molecule has 0 aromatic heterocycles. The third-order valence-electron chi connectivity index (χ3n) is 4.86. The molecule has 4 nitrogen and oxygen atoms in total. The summed E-state index contributed by atoms with van der Waals surface area (Å²) in [5.41, 5.74) is 6.04. The van der Waals surface area contributed by atoms with E-state index in [9.17, 15) is 8.42 Å².